The van der Waals surface area contributed by atoms with Crippen molar-refractivity contribution >= 4 is 44.8 Å². The summed E-state index contributed by atoms with van der Waals surface area (Å²) in [5.41, 5.74) is 0.260. The Bertz CT molecular complexity index is 1160. The number of hydrogen-bond donors (Lipinski definition) is 2. The highest BCUT2D eigenvalue weighted by Crippen LogP contribution is 2.24. The van der Waals surface area contributed by atoms with E-state index in [1.165, 1.54) is 16.4 Å². The summed E-state index contributed by atoms with van der Waals surface area (Å²) in [6, 6.07) is 9.69. The number of nitro groups is 1. The number of nitrogens with one attached hydrogen (secondary N) is 2. The van der Waals surface area contributed by atoms with E-state index in [0.29, 0.717) is 25.9 Å². The van der Waals surface area contributed by atoms with Crippen LogP contribution in [0.25, 0.3) is 0 Å². The van der Waals surface area contributed by atoms with Crippen molar-refractivity contribution in [2.45, 2.75) is 18.9 Å². The van der Waals surface area contributed by atoms with Crippen LogP contribution in [0.1, 0.15) is 33.6 Å². The van der Waals surface area contributed by atoms with Gasteiger partial charge in [0.05, 0.1) is 33.0 Å². The number of nitro benzene ring substituents is 1. The molecule has 0 aliphatic carbocycles. The third-order valence-electron chi connectivity index (χ3n) is 5.09. The Balaban J connectivity index is 1.70. The zero-order valence-corrected chi connectivity index (χ0v) is 18.6. The van der Waals surface area contributed by atoms with Crippen molar-refractivity contribution in [3.63, 3.8) is 0 Å². The largest absolute Gasteiger partial charge is 0.349 e. The number of piperidine rings is 1. The molecule has 1 aliphatic rings. The van der Waals surface area contributed by atoms with Gasteiger partial charge in [0.1, 0.15) is 0 Å². The molecule has 0 spiro atoms. The molecule has 12 heteroatoms. The van der Waals surface area contributed by atoms with Crippen LogP contribution >= 0.6 is 11.6 Å². The molecule has 170 valence electrons. The van der Waals surface area contributed by atoms with Crippen molar-refractivity contribution in [3.05, 3.63) is 68.7 Å². The molecule has 0 saturated carbocycles. The first kappa shape index (κ1) is 23.6. The summed E-state index contributed by atoms with van der Waals surface area (Å²) < 4.78 is 24.6. The molecule has 10 nitrogen and oxygen atoms in total. The standard InChI is InChI=1S/C20H21ClN4O6S/c1-32(30,31)24-10-8-13(9-11-24)22-20(27)16-4-2-3-5-18(16)23-19(26)15-7-6-14(25(28)29)12-17(15)21/h2-7,12-13H,8-11H2,1H3,(H,22,27)(H,23,26). The Labute approximate surface area is 189 Å². The lowest BCUT2D eigenvalue weighted by molar-refractivity contribution is -0.384. The second kappa shape index (κ2) is 9.63. The molecule has 2 aromatic carbocycles. The molecular formula is C20H21ClN4O6S. The summed E-state index contributed by atoms with van der Waals surface area (Å²) in [5, 5.41) is 16.3. The van der Waals surface area contributed by atoms with E-state index in [0.717, 1.165) is 12.3 Å². The first-order valence-electron chi connectivity index (χ1n) is 9.66. The van der Waals surface area contributed by atoms with Crippen molar-refractivity contribution in [1.82, 2.24) is 9.62 Å². The van der Waals surface area contributed by atoms with E-state index < -0.39 is 26.8 Å². The van der Waals surface area contributed by atoms with Crippen molar-refractivity contribution in [2.75, 3.05) is 24.7 Å². The molecule has 2 amide bonds. The quantitative estimate of drug-likeness (QED) is 0.481. The average molecular weight is 481 g/mol. The highest BCUT2D eigenvalue weighted by Gasteiger charge is 2.26. The maximum atomic E-state index is 12.8. The molecule has 0 aromatic heterocycles. The molecule has 1 saturated heterocycles. The van der Waals surface area contributed by atoms with Gasteiger partial charge in [0.2, 0.25) is 10.0 Å². The van der Waals surface area contributed by atoms with Crippen LogP contribution in [0, 0.1) is 10.1 Å². The third-order valence-corrected chi connectivity index (χ3v) is 6.70. The normalized spacial score (nSPS) is 15.2. The molecule has 32 heavy (non-hydrogen) atoms. The number of sulfonamides is 1. The Hall–Kier alpha value is -3.02. The topological polar surface area (TPSA) is 139 Å². The second-order valence-electron chi connectivity index (χ2n) is 7.33. The number of carbonyl (C=O) groups excluding carboxylic acids is 2. The Morgan fingerprint density at radius 1 is 1.09 bits per heavy atom. The second-order valence-corrected chi connectivity index (χ2v) is 9.72. The summed E-state index contributed by atoms with van der Waals surface area (Å²) in [6.07, 6.45) is 2.11. The predicted molar refractivity (Wildman–Crippen MR) is 119 cm³/mol. The van der Waals surface area contributed by atoms with Crippen molar-refractivity contribution in [3.8, 4) is 0 Å². The molecule has 1 aliphatic heterocycles. The fourth-order valence-corrected chi connectivity index (χ4v) is 4.51. The van der Waals surface area contributed by atoms with E-state index in [1.807, 2.05) is 0 Å². The zero-order chi connectivity index (χ0) is 23.5. The Morgan fingerprint density at radius 2 is 1.75 bits per heavy atom. The number of para-hydroxylation sites is 1. The molecule has 0 unspecified atom stereocenters. The van der Waals surface area contributed by atoms with E-state index in [1.54, 1.807) is 24.3 Å². The fourth-order valence-electron chi connectivity index (χ4n) is 3.38. The molecular weight excluding hydrogens is 460 g/mol. The van der Waals surface area contributed by atoms with Crippen LogP contribution in [0.5, 0.6) is 0 Å². The molecule has 0 atom stereocenters. The molecule has 3 rings (SSSR count). The van der Waals surface area contributed by atoms with E-state index >= 15 is 0 Å². The lowest BCUT2D eigenvalue weighted by Gasteiger charge is -2.30. The molecule has 0 radical (unpaired) electrons. The lowest BCUT2D eigenvalue weighted by atomic mass is 10.1. The van der Waals surface area contributed by atoms with Crippen molar-refractivity contribution < 1.29 is 22.9 Å². The number of non-ortho nitro benzene ring substituents is 1. The first-order valence-corrected chi connectivity index (χ1v) is 11.9. The van der Waals surface area contributed by atoms with Gasteiger partial charge in [-0.15, -0.1) is 0 Å². The summed E-state index contributed by atoms with van der Waals surface area (Å²) in [5.74, 6) is -1.03. The minimum atomic E-state index is -3.26. The molecule has 2 aromatic rings. The molecule has 0 bridgehead atoms. The van der Waals surface area contributed by atoms with Crippen LogP contribution in [0.2, 0.25) is 5.02 Å². The number of halogens is 1. The lowest BCUT2D eigenvalue weighted by Crippen LogP contribution is -2.46. The van der Waals surface area contributed by atoms with E-state index in [4.69, 9.17) is 11.6 Å². The number of anilines is 1. The van der Waals surface area contributed by atoms with E-state index in [-0.39, 0.29) is 33.6 Å². The third kappa shape index (κ3) is 5.61. The van der Waals surface area contributed by atoms with Gasteiger partial charge in [0.15, 0.2) is 0 Å². The Kier molecular flexibility index (Phi) is 7.12. The van der Waals surface area contributed by atoms with Gasteiger partial charge in [0.25, 0.3) is 17.5 Å². The molecule has 1 heterocycles. The van der Waals surface area contributed by atoms with Crippen LogP contribution in [0.15, 0.2) is 42.5 Å². The van der Waals surface area contributed by atoms with Crippen LogP contribution in [0.4, 0.5) is 11.4 Å². The number of rotatable bonds is 6. The smallest absolute Gasteiger partial charge is 0.270 e. The van der Waals surface area contributed by atoms with Gasteiger partial charge in [0, 0.05) is 31.3 Å². The number of benzene rings is 2. The summed E-state index contributed by atoms with van der Waals surface area (Å²) in [4.78, 5) is 35.7. The van der Waals surface area contributed by atoms with Gasteiger partial charge in [-0.25, -0.2) is 12.7 Å². The number of amides is 2. The van der Waals surface area contributed by atoms with Gasteiger partial charge < -0.3 is 10.6 Å². The van der Waals surface area contributed by atoms with Gasteiger partial charge in [-0.2, -0.15) is 0 Å². The van der Waals surface area contributed by atoms with Gasteiger partial charge in [-0.1, -0.05) is 23.7 Å². The summed E-state index contributed by atoms with van der Waals surface area (Å²) >= 11 is 6.02. The van der Waals surface area contributed by atoms with Crippen LogP contribution in [-0.4, -0.2) is 54.8 Å². The predicted octanol–water partition coefficient (Wildman–Crippen LogP) is 2.65. The van der Waals surface area contributed by atoms with Gasteiger partial charge in [-0.05, 0) is 31.0 Å². The van der Waals surface area contributed by atoms with Gasteiger partial charge in [-0.3, -0.25) is 19.7 Å². The maximum Gasteiger partial charge on any atom is 0.270 e. The van der Waals surface area contributed by atoms with Crippen LogP contribution in [0.3, 0.4) is 0 Å². The monoisotopic (exact) mass is 480 g/mol. The van der Waals surface area contributed by atoms with E-state index in [2.05, 4.69) is 10.6 Å². The highest BCUT2D eigenvalue weighted by atomic mass is 35.5. The van der Waals surface area contributed by atoms with Gasteiger partial charge >= 0.3 is 0 Å². The minimum absolute atomic E-state index is 0.0284. The van der Waals surface area contributed by atoms with Crippen LogP contribution in [-0.2, 0) is 10.0 Å². The summed E-state index contributed by atoms with van der Waals surface area (Å²) in [6.45, 7) is 0.640. The maximum absolute atomic E-state index is 12.8. The number of nitrogens with zero attached hydrogens (tertiary/aromatic N) is 2. The Morgan fingerprint density at radius 3 is 2.34 bits per heavy atom. The SMILES string of the molecule is CS(=O)(=O)N1CCC(NC(=O)c2ccccc2NC(=O)c2ccc([N+](=O)[O-])cc2Cl)CC1. The van der Waals surface area contributed by atoms with Crippen molar-refractivity contribution in [1.29, 1.82) is 0 Å². The first-order chi connectivity index (χ1) is 15.1. The highest BCUT2D eigenvalue weighted by molar-refractivity contribution is 7.88. The molecule has 1 fully saturated rings. The van der Waals surface area contributed by atoms with E-state index in [9.17, 15) is 28.1 Å². The number of carbonyl (C=O) groups is 2. The fraction of sp³-hybridized carbons (Fsp3) is 0.300. The molecule has 2 N–H and O–H groups in total. The minimum Gasteiger partial charge on any atom is -0.349 e. The average Bonchev–Trinajstić information content (AvgIpc) is 2.73. The summed E-state index contributed by atoms with van der Waals surface area (Å²) in [7, 11) is -3.26. The zero-order valence-electron chi connectivity index (χ0n) is 17.1. The van der Waals surface area contributed by atoms with Crippen LogP contribution < -0.4 is 10.6 Å². The number of hydrogen-bond acceptors (Lipinski definition) is 6. The van der Waals surface area contributed by atoms with Crippen molar-refractivity contribution in [2.24, 2.45) is 0 Å².